The summed E-state index contributed by atoms with van der Waals surface area (Å²) >= 11 is 0. The molecule has 280 valence electrons. The summed E-state index contributed by atoms with van der Waals surface area (Å²) in [5, 5.41) is 17.2. The van der Waals surface area contributed by atoms with E-state index in [4.69, 9.17) is 4.74 Å². The topological polar surface area (TPSA) is 164 Å². The SMILES string of the molecule is COC(=O)c1ccc(CCCc2ccc(NC(=O)c3c(NC(=O)c4cccc(CN(C)CCN(C)C(=O)CCC(=O)[O-])c4)[nH]c4ccccc34)cc2)cc1.[Na+]. The number of carboxylic acids is 1. The number of aromatic nitrogens is 1. The molecular formula is C42H44N5NaO7. The molecule has 0 atom stereocenters. The Morgan fingerprint density at radius 3 is 2.07 bits per heavy atom. The Morgan fingerprint density at radius 2 is 1.40 bits per heavy atom. The van der Waals surface area contributed by atoms with Gasteiger partial charge in [0.15, 0.2) is 0 Å². The van der Waals surface area contributed by atoms with Crippen LogP contribution in [0.5, 0.6) is 0 Å². The van der Waals surface area contributed by atoms with Gasteiger partial charge in [0.2, 0.25) is 5.91 Å². The first-order valence-electron chi connectivity index (χ1n) is 17.7. The van der Waals surface area contributed by atoms with E-state index in [1.165, 1.54) is 12.0 Å². The molecule has 0 bridgehead atoms. The van der Waals surface area contributed by atoms with Crippen LogP contribution < -0.4 is 45.3 Å². The predicted octanol–water partition coefficient (Wildman–Crippen LogP) is 2.06. The van der Waals surface area contributed by atoms with Crippen LogP contribution in [0.4, 0.5) is 11.5 Å². The van der Waals surface area contributed by atoms with Gasteiger partial charge in [-0.15, -0.1) is 0 Å². The number of fused-ring (bicyclic) bond motifs is 1. The Bertz CT molecular complexity index is 2120. The van der Waals surface area contributed by atoms with E-state index in [-0.39, 0.29) is 71.9 Å². The number of aliphatic carboxylic acids is 1. The molecule has 0 aliphatic heterocycles. The minimum absolute atomic E-state index is 0. The van der Waals surface area contributed by atoms with Crippen LogP contribution in [0.15, 0.2) is 97.1 Å². The van der Waals surface area contributed by atoms with Crippen molar-refractivity contribution in [3.63, 3.8) is 0 Å². The summed E-state index contributed by atoms with van der Waals surface area (Å²) in [6, 6.07) is 29.6. The number of para-hydroxylation sites is 1. The van der Waals surface area contributed by atoms with Crippen molar-refractivity contribution in [2.45, 2.75) is 38.6 Å². The van der Waals surface area contributed by atoms with Crippen molar-refractivity contribution in [1.82, 2.24) is 14.8 Å². The summed E-state index contributed by atoms with van der Waals surface area (Å²) in [6.45, 7) is 1.46. The van der Waals surface area contributed by atoms with Crippen molar-refractivity contribution in [3.05, 3.63) is 130 Å². The number of anilines is 2. The maximum atomic E-state index is 13.8. The predicted molar refractivity (Wildman–Crippen MR) is 205 cm³/mol. The Morgan fingerprint density at radius 1 is 0.727 bits per heavy atom. The molecule has 55 heavy (non-hydrogen) atoms. The van der Waals surface area contributed by atoms with Gasteiger partial charge in [-0.05, 0) is 91.9 Å². The number of carboxylic acid groups (broad SMARTS) is 1. The molecular weight excluding hydrogens is 709 g/mol. The molecule has 13 heteroatoms. The number of hydrogen-bond acceptors (Lipinski definition) is 8. The third kappa shape index (κ3) is 12.1. The molecule has 0 saturated carbocycles. The van der Waals surface area contributed by atoms with E-state index in [1.54, 1.807) is 37.4 Å². The third-order valence-corrected chi connectivity index (χ3v) is 9.12. The standard InChI is InChI=1S/C42H45N5O7.Na/c1-46(24-25-47(2)36(48)22-23-37(49)50)27-30-10-7-11-32(26-30)40(51)45-39-38(34-12-4-5-13-35(34)44-39)41(52)43-33-20-16-29(17-21-33)9-6-8-28-14-18-31(19-15-28)42(53)54-3;/h4-5,7,10-21,26,44H,6,8-9,22-25,27H2,1-3H3,(H,43,52)(H,45,51)(H,49,50);/q;+1/p-1. The number of esters is 1. The first-order chi connectivity index (χ1) is 26.0. The number of carbonyl (C=O) groups is 5. The molecule has 4 aromatic carbocycles. The van der Waals surface area contributed by atoms with E-state index < -0.39 is 5.97 Å². The number of aryl methyl sites for hydroxylation is 2. The summed E-state index contributed by atoms with van der Waals surface area (Å²) in [5.74, 6) is -2.35. The van der Waals surface area contributed by atoms with Gasteiger partial charge in [0, 0.05) is 61.2 Å². The zero-order valence-corrected chi connectivity index (χ0v) is 33.6. The van der Waals surface area contributed by atoms with E-state index in [9.17, 15) is 29.1 Å². The molecule has 5 rings (SSSR count). The number of nitrogens with zero attached hydrogens (tertiary/aromatic N) is 2. The van der Waals surface area contributed by atoms with Gasteiger partial charge >= 0.3 is 35.5 Å². The fraction of sp³-hybridized carbons (Fsp3) is 0.262. The maximum absolute atomic E-state index is 13.8. The van der Waals surface area contributed by atoms with E-state index >= 15 is 0 Å². The van der Waals surface area contributed by atoms with Crippen molar-refractivity contribution in [3.8, 4) is 0 Å². The molecule has 0 fully saturated rings. The summed E-state index contributed by atoms with van der Waals surface area (Å²) in [4.78, 5) is 68.5. The van der Waals surface area contributed by atoms with Gasteiger partial charge in [0.25, 0.3) is 11.8 Å². The number of hydrogen-bond donors (Lipinski definition) is 3. The smallest absolute Gasteiger partial charge is 0.550 e. The van der Waals surface area contributed by atoms with Crippen LogP contribution >= 0.6 is 0 Å². The van der Waals surface area contributed by atoms with Crippen LogP contribution in [-0.2, 0) is 33.7 Å². The number of carbonyl (C=O) groups excluding carboxylic acids is 5. The van der Waals surface area contributed by atoms with Crippen LogP contribution in [0.25, 0.3) is 10.9 Å². The molecule has 3 N–H and O–H groups in total. The molecule has 0 unspecified atom stereocenters. The minimum atomic E-state index is -1.25. The van der Waals surface area contributed by atoms with Gasteiger partial charge in [-0.25, -0.2) is 4.79 Å². The summed E-state index contributed by atoms with van der Waals surface area (Å²) in [5.41, 5.74) is 5.71. The molecule has 3 amide bonds. The summed E-state index contributed by atoms with van der Waals surface area (Å²) < 4.78 is 4.76. The van der Waals surface area contributed by atoms with Gasteiger partial charge in [-0.3, -0.25) is 14.4 Å². The molecule has 1 aromatic heterocycles. The summed E-state index contributed by atoms with van der Waals surface area (Å²) in [6.07, 6.45) is 2.20. The van der Waals surface area contributed by atoms with Crippen molar-refractivity contribution >= 4 is 52.1 Å². The number of ether oxygens (including phenoxy) is 1. The average molecular weight is 754 g/mol. The second-order valence-electron chi connectivity index (χ2n) is 13.2. The van der Waals surface area contributed by atoms with Crippen LogP contribution in [0, 0.1) is 0 Å². The third-order valence-electron chi connectivity index (χ3n) is 9.12. The molecule has 0 radical (unpaired) electrons. The monoisotopic (exact) mass is 753 g/mol. The van der Waals surface area contributed by atoms with Gasteiger partial charge < -0.3 is 40.1 Å². The fourth-order valence-corrected chi connectivity index (χ4v) is 6.07. The molecule has 0 saturated heterocycles. The Kier molecular flexibility index (Phi) is 15.8. The number of H-pyrrole nitrogens is 1. The number of nitrogens with one attached hydrogen (secondary N) is 3. The Hall–Kier alpha value is -5.27. The summed E-state index contributed by atoms with van der Waals surface area (Å²) in [7, 11) is 4.89. The fourth-order valence-electron chi connectivity index (χ4n) is 6.07. The average Bonchev–Trinajstić information content (AvgIpc) is 3.54. The molecule has 0 aliphatic carbocycles. The van der Waals surface area contributed by atoms with Crippen LogP contribution in [0.1, 0.15) is 67.0 Å². The van der Waals surface area contributed by atoms with Gasteiger partial charge in [0.1, 0.15) is 5.82 Å². The van der Waals surface area contributed by atoms with Crippen LogP contribution in [0.3, 0.4) is 0 Å². The largest absolute Gasteiger partial charge is 1.00 e. The first-order valence-corrected chi connectivity index (χ1v) is 17.7. The molecule has 5 aromatic rings. The van der Waals surface area contributed by atoms with Crippen LogP contribution in [-0.4, -0.2) is 78.7 Å². The van der Waals surface area contributed by atoms with E-state index in [2.05, 4.69) is 15.6 Å². The number of methoxy groups -OCH3 is 1. The number of benzene rings is 4. The number of likely N-dealkylation sites (N-methyl/N-ethyl adjacent to an activating group) is 2. The molecule has 12 nitrogen and oxygen atoms in total. The zero-order chi connectivity index (χ0) is 38.6. The quantitative estimate of drug-likeness (QED) is 0.0961. The van der Waals surface area contributed by atoms with Crippen molar-refractivity contribution in [2.75, 3.05) is 44.9 Å². The number of aromatic amines is 1. The van der Waals surface area contributed by atoms with Crippen molar-refractivity contribution in [2.24, 2.45) is 0 Å². The maximum Gasteiger partial charge on any atom is 1.00 e. The molecule has 1 heterocycles. The van der Waals surface area contributed by atoms with Crippen molar-refractivity contribution in [1.29, 1.82) is 0 Å². The first kappa shape index (κ1) is 42.5. The minimum Gasteiger partial charge on any atom is -0.550 e. The van der Waals surface area contributed by atoms with E-state index in [1.807, 2.05) is 78.7 Å². The van der Waals surface area contributed by atoms with Crippen LogP contribution in [0.2, 0.25) is 0 Å². The number of amides is 3. The van der Waals surface area contributed by atoms with E-state index in [0.29, 0.717) is 52.9 Å². The Balaban J connectivity index is 0.00000673. The van der Waals surface area contributed by atoms with Crippen molar-refractivity contribution < 1.29 is 63.4 Å². The molecule has 0 aliphatic rings. The van der Waals surface area contributed by atoms with E-state index in [0.717, 1.165) is 36.0 Å². The molecule has 0 spiro atoms. The second kappa shape index (κ2) is 20.4. The van der Waals surface area contributed by atoms with Gasteiger partial charge in [0.05, 0.1) is 18.2 Å². The number of rotatable bonds is 17. The normalized spacial score (nSPS) is 10.8. The van der Waals surface area contributed by atoms with Gasteiger partial charge in [-0.1, -0.05) is 54.6 Å². The second-order valence-corrected chi connectivity index (χ2v) is 13.2. The van der Waals surface area contributed by atoms with Gasteiger partial charge in [-0.2, -0.15) is 0 Å². The zero-order valence-electron chi connectivity index (χ0n) is 31.6. The Labute approximate surface area is 342 Å².